The molecular formula is C17H26Cl2N2O. The third-order valence-electron chi connectivity index (χ3n) is 4.61. The van der Waals surface area contributed by atoms with Gasteiger partial charge in [0.15, 0.2) is 0 Å². The molecule has 1 fully saturated rings. The lowest BCUT2D eigenvalue weighted by Crippen LogP contribution is -2.41. The van der Waals surface area contributed by atoms with Gasteiger partial charge in [-0.15, -0.1) is 12.4 Å². The van der Waals surface area contributed by atoms with E-state index in [9.17, 15) is 4.79 Å². The Kier molecular flexibility index (Phi) is 7.17. The normalized spacial score (nSPS) is 21.3. The number of carbonyl (C=O) groups is 1. The SMILES string of the molecule is CC(C)(CNC(=O)[C@@H]1CCC[C@@H]1CN)c1cccc(Cl)c1.Cl. The molecule has 0 bridgehead atoms. The minimum absolute atomic E-state index is 0. The Hall–Kier alpha value is -0.770. The van der Waals surface area contributed by atoms with Gasteiger partial charge in [0.1, 0.15) is 0 Å². The molecule has 22 heavy (non-hydrogen) atoms. The van der Waals surface area contributed by atoms with E-state index in [0.717, 1.165) is 29.8 Å². The van der Waals surface area contributed by atoms with Crippen molar-refractivity contribution >= 4 is 29.9 Å². The summed E-state index contributed by atoms with van der Waals surface area (Å²) in [5.74, 6) is 0.586. The number of nitrogens with one attached hydrogen (secondary N) is 1. The van der Waals surface area contributed by atoms with Crippen LogP contribution in [0, 0.1) is 11.8 Å². The first-order valence-electron chi connectivity index (χ1n) is 7.68. The Morgan fingerprint density at radius 1 is 1.41 bits per heavy atom. The van der Waals surface area contributed by atoms with Crippen LogP contribution in [-0.2, 0) is 10.2 Å². The number of rotatable bonds is 5. The van der Waals surface area contributed by atoms with Gasteiger partial charge in [-0.2, -0.15) is 0 Å². The molecule has 0 aliphatic heterocycles. The smallest absolute Gasteiger partial charge is 0.223 e. The van der Waals surface area contributed by atoms with Crippen LogP contribution in [0.15, 0.2) is 24.3 Å². The standard InChI is InChI=1S/C17H25ClN2O.ClH/c1-17(2,13-6-4-7-14(18)9-13)11-20-16(21)15-8-3-5-12(15)10-19;/h4,6-7,9,12,15H,3,5,8,10-11,19H2,1-2H3,(H,20,21);1H/t12-,15-;/m1./s1. The maximum atomic E-state index is 12.4. The van der Waals surface area contributed by atoms with Gasteiger partial charge in [-0.25, -0.2) is 0 Å². The van der Waals surface area contributed by atoms with Crippen molar-refractivity contribution < 1.29 is 4.79 Å². The molecule has 3 nitrogen and oxygen atoms in total. The molecule has 2 rings (SSSR count). The van der Waals surface area contributed by atoms with E-state index in [-0.39, 0.29) is 29.6 Å². The van der Waals surface area contributed by atoms with Crippen molar-refractivity contribution in [2.24, 2.45) is 17.6 Å². The van der Waals surface area contributed by atoms with Gasteiger partial charge in [-0.1, -0.05) is 44.0 Å². The first-order chi connectivity index (χ1) is 9.94. The monoisotopic (exact) mass is 344 g/mol. The van der Waals surface area contributed by atoms with Crippen LogP contribution in [0.25, 0.3) is 0 Å². The van der Waals surface area contributed by atoms with Gasteiger partial charge in [0.05, 0.1) is 0 Å². The third kappa shape index (κ3) is 4.61. The molecule has 1 aromatic carbocycles. The zero-order valence-electron chi connectivity index (χ0n) is 13.3. The van der Waals surface area contributed by atoms with Crippen LogP contribution in [0.4, 0.5) is 0 Å². The molecule has 0 saturated heterocycles. The van der Waals surface area contributed by atoms with E-state index in [1.165, 1.54) is 0 Å². The van der Waals surface area contributed by atoms with E-state index in [0.29, 0.717) is 19.0 Å². The summed E-state index contributed by atoms with van der Waals surface area (Å²) in [5, 5.41) is 3.84. The number of benzene rings is 1. The molecule has 1 saturated carbocycles. The topological polar surface area (TPSA) is 55.1 Å². The zero-order chi connectivity index (χ0) is 15.5. The molecule has 3 N–H and O–H groups in total. The number of hydrogen-bond acceptors (Lipinski definition) is 2. The number of nitrogens with two attached hydrogens (primary N) is 1. The second-order valence-corrected chi connectivity index (χ2v) is 7.08. The second kappa shape index (κ2) is 8.19. The molecular weight excluding hydrogens is 319 g/mol. The number of amides is 1. The van der Waals surface area contributed by atoms with Crippen LogP contribution in [-0.4, -0.2) is 19.0 Å². The van der Waals surface area contributed by atoms with Crippen LogP contribution >= 0.6 is 24.0 Å². The Morgan fingerprint density at radius 3 is 2.77 bits per heavy atom. The average molecular weight is 345 g/mol. The molecule has 2 atom stereocenters. The third-order valence-corrected chi connectivity index (χ3v) is 4.84. The molecule has 124 valence electrons. The molecule has 1 aromatic rings. The maximum absolute atomic E-state index is 12.4. The van der Waals surface area contributed by atoms with E-state index in [1.807, 2.05) is 18.2 Å². The molecule has 1 amide bonds. The summed E-state index contributed by atoms with van der Waals surface area (Å²) < 4.78 is 0. The Bertz CT molecular complexity index is 505. The summed E-state index contributed by atoms with van der Waals surface area (Å²) in [4.78, 5) is 12.4. The lowest BCUT2D eigenvalue weighted by atomic mass is 9.84. The molecule has 5 heteroatoms. The molecule has 0 spiro atoms. The van der Waals surface area contributed by atoms with Gasteiger partial charge < -0.3 is 11.1 Å². The summed E-state index contributed by atoms with van der Waals surface area (Å²) in [6.45, 7) is 5.46. The van der Waals surface area contributed by atoms with E-state index < -0.39 is 0 Å². The first kappa shape index (κ1) is 19.3. The van der Waals surface area contributed by atoms with E-state index >= 15 is 0 Å². The zero-order valence-corrected chi connectivity index (χ0v) is 14.8. The van der Waals surface area contributed by atoms with Crippen molar-refractivity contribution in [2.75, 3.05) is 13.1 Å². The van der Waals surface area contributed by atoms with Gasteiger partial charge in [0, 0.05) is 22.9 Å². The minimum atomic E-state index is -0.141. The van der Waals surface area contributed by atoms with E-state index in [2.05, 4.69) is 25.2 Å². The van der Waals surface area contributed by atoms with E-state index in [4.69, 9.17) is 17.3 Å². The predicted octanol–water partition coefficient (Wildman–Crippen LogP) is 3.53. The summed E-state index contributed by atoms with van der Waals surface area (Å²) >= 11 is 6.05. The maximum Gasteiger partial charge on any atom is 0.223 e. The van der Waals surface area contributed by atoms with Gasteiger partial charge in [-0.3, -0.25) is 4.79 Å². The quantitative estimate of drug-likeness (QED) is 0.858. The van der Waals surface area contributed by atoms with Crippen molar-refractivity contribution in [3.63, 3.8) is 0 Å². The predicted molar refractivity (Wildman–Crippen MR) is 94.6 cm³/mol. The fourth-order valence-electron chi connectivity index (χ4n) is 3.11. The molecule has 1 aliphatic carbocycles. The van der Waals surface area contributed by atoms with Crippen molar-refractivity contribution in [2.45, 2.75) is 38.5 Å². The lowest BCUT2D eigenvalue weighted by molar-refractivity contribution is -0.126. The minimum Gasteiger partial charge on any atom is -0.355 e. The van der Waals surface area contributed by atoms with Gasteiger partial charge in [-0.05, 0) is 43.0 Å². The van der Waals surface area contributed by atoms with Crippen LogP contribution in [0.2, 0.25) is 5.02 Å². The van der Waals surface area contributed by atoms with Crippen molar-refractivity contribution in [3.8, 4) is 0 Å². The highest BCUT2D eigenvalue weighted by Gasteiger charge is 2.32. The number of hydrogen-bond donors (Lipinski definition) is 2. The molecule has 0 unspecified atom stereocenters. The Morgan fingerprint density at radius 2 is 2.14 bits per heavy atom. The van der Waals surface area contributed by atoms with Crippen LogP contribution < -0.4 is 11.1 Å². The van der Waals surface area contributed by atoms with Gasteiger partial charge in [0.2, 0.25) is 5.91 Å². The summed E-state index contributed by atoms with van der Waals surface area (Å²) in [5.41, 5.74) is 6.75. The Labute approximate surface area is 144 Å². The summed E-state index contributed by atoms with van der Waals surface area (Å²) in [6, 6.07) is 7.83. The van der Waals surface area contributed by atoms with Crippen molar-refractivity contribution in [1.82, 2.24) is 5.32 Å². The fourth-order valence-corrected chi connectivity index (χ4v) is 3.31. The lowest BCUT2D eigenvalue weighted by Gasteiger charge is -2.27. The van der Waals surface area contributed by atoms with Crippen molar-refractivity contribution in [3.05, 3.63) is 34.9 Å². The first-order valence-corrected chi connectivity index (χ1v) is 8.05. The highest BCUT2D eigenvalue weighted by atomic mass is 35.5. The average Bonchev–Trinajstić information content (AvgIpc) is 2.93. The summed E-state index contributed by atoms with van der Waals surface area (Å²) in [7, 11) is 0. The second-order valence-electron chi connectivity index (χ2n) is 6.65. The van der Waals surface area contributed by atoms with Gasteiger partial charge >= 0.3 is 0 Å². The molecule has 0 heterocycles. The molecule has 0 aromatic heterocycles. The Balaban J connectivity index is 0.00000242. The largest absolute Gasteiger partial charge is 0.355 e. The number of halogens is 2. The van der Waals surface area contributed by atoms with Crippen molar-refractivity contribution in [1.29, 1.82) is 0 Å². The highest BCUT2D eigenvalue weighted by molar-refractivity contribution is 6.30. The summed E-state index contributed by atoms with van der Waals surface area (Å²) in [6.07, 6.45) is 3.15. The van der Waals surface area contributed by atoms with Crippen LogP contribution in [0.3, 0.4) is 0 Å². The molecule has 1 aliphatic rings. The van der Waals surface area contributed by atoms with Crippen LogP contribution in [0.5, 0.6) is 0 Å². The number of carbonyl (C=O) groups excluding carboxylic acids is 1. The molecule has 0 radical (unpaired) electrons. The fraction of sp³-hybridized carbons (Fsp3) is 0.588. The van der Waals surface area contributed by atoms with E-state index in [1.54, 1.807) is 0 Å². The van der Waals surface area contributed by atoms with Crippen LogP contribution in [0.1, 0.15) is 38.7 Å². The van der Waals surface area contributed by atoms with Gasteiger partial charge in [0.25, 0.3) is 0 Å². The highest BCUT2D eigenvalue weighted by Crippen LogP contribution is 2.31.